The molecular weight excluding hydrogens is 520 g/mol. The third-order valence-corrected chi connectivity index (χ3v) is 7.77. The molecule has 3 aromatic rings. The summed E-state index contributed by atoms with van der Waals surface area (Å²) >= 11 is 0. The molecule has 2 aliphatic rings. The van der Waals surface area contributed by atoms with Gasteiger partial charge in [-0.05, 0) is 73.7 Å². The van der Waals surface area contributed by atoms with Gasteiger partial charge in [0.15, 0.2) is 0 Å². The molecule has 0 bridgehead atoms. The third-order valence-electron chi connectivity index (χ3n) is 7.77. The molecule has 1 fully saturated rings. The van der Waals surface area contributed by atoms with Gasteiger partial charge in [-0.15, -0.1) is 0 Å². The van der Waals surface area contributed by atoms with Gasteiger partial charge in [0.05, 0.1) is 25.3 Å². The van der Waals surface area contributed by atoms with Crippen LogP contribution in [0.25, 0.3) is 0 Å². The fourth-order valence-corrected chi connectivity index (χ4v) is 5.48. The molecule has 5 rings (SSSR count). The number of aryl methyl sites for hydroxylation is 2. The van der Waals surface area contributed by atoms with Crippen LogP contribution in [0.2, 0.25) is 0 Å². The lowest BCUT2D eigenvalue weighted by molar-refractivity contribution is -0.128. The number of amides is 4. The highest BCUT2D eigenvalue weighted by Gasteiger charge is 2.38. The topological polar surface area (TPSA) is 108 Å². The molecule has 1 aliphatic heterocycles. The van der Waals surface area contributed by atoms with Crippen molar-refractivity contribution >= 4 is 29.5 Å². The first-order valence-corrected chi connectivity index (χ1v) is 13.8. The molecule has 2 unspecified atom stereocenters. The van der Waals surface area contributed by atoms with Gasteiger partial charge in [-0.1, -0.05) is 42.0 Å². The maximum atomic E-state index is 13.8. The first kappa shape index (κ1) is 27.9. The van der Waals surface area contributed by atoms with Crippen molar-refractivity contribution in [2.45, 2.75) is 38.3 Å². The number of anilines is 1. The number of urea groups is 1. The summed E-state index contributed by atoms with van der Waals surface area (Å²) in [6, 6.07) is 20.3. The van der Waals surface area contributed by atoms with Gasteiger partial charge in [0.25, 0.3) is 5.91 Å². The van der Waals surface area contributed by atoms with Gasteiger partial charge in [-0.25, -0.2) is 9.59 Å². The van der Waals surface area contributed by atoms with Crippen LogP contribution >= 0.6 is 0 Å². The average Bonchev–Trinajstić information content (AvgIpc) is 3.01. The van der Waals surface area contributed by atoms with Crippen molar-refractivity contribution in [1.82, 2.24) is 15.1 Å². The number of nitrogens with zero attached hydrogens (tertiary/aromatic N) is 2. The van der Waals surface area contributed by atoms with E-state index in [-0.39, 0.29) is 43.5 Å². The highest BCUT2D eigenvalue weighted by Crippen LogP contribution is 2.30. The number of fused-ring (bicyclic) bond motifs is 1. The molecule has 212 valence electrons. The zero-order valence-electron chi connectivity index (χ0n) is 23.3. The first-order chi connectivity index (χ1) is 19.8. The molecule has 9 nitrogen and oxygen atoms in total. The molecule has 1 saturated heterocycles. The molecule has 9 heteroatoms. The van der Waals surface area contributed by atoms with Crippen LogP contribution in [0.5, 0.6) is 0 Å². The molecular formula is C32H34N4O5. The highest BCUT2D eigenvalue weighted by molar-refractivity contribution is 5.99. The van der Waals surface area contributed by atoms with Crippen LogP contribution in [0.15, 0.2) is 72.8 Å². The molecule has 0 aromatic heterocycles. The number of nitrogens with one attached hydrogen (secondary N) is 2. The van der Waals surface area contributed by atoms with Gasteiger partial charge in [0.1, 0.15) is 6.04 Å². The summed E-state index contributed by atoms with van der Waals surface area (Å²) in [5.74, 6) is -0.994. The molecule has 0 saturated carbocycles. The van der Waals surface area contributed by atoms with E-state index in [0.29, 0.717) is 16.8 Å². The molecule has 0 spiro atoms. The maximum Gasteiger partial charge on any atom is 0.337 e. The van der Waals surface area contributed by atoms with Crippen molar-refractivity contribution in [3.05, 3.63) is 101 Å². The number of methoxy groups -OCH3 is 1. The van der Waals surface area contributed by atoms with Crippen LogP contribution < -0.4 is 10.6 Å². The predicted molar refractivity (Wildman–Crippen MR) is 155 cm³/mol. The number of piperazine rings is 1. The van der Waals surface area contributed by atoms with Crippen LogP contribution in [-0.4, -0.2) is 66.4 Å². The van der Waals surface area contributed by atoms with Crippen molar-refractivity contribution < 1.29 is 23.9 Å². The Hall–Kier alpha value is -4.66. The standard InChI is InChI=1S/C32H34N4O5/c1-21-10-12-23(13-11-21)30(38)36-19-18-35(32(40)33-25-16-14-24(15-17-25)31(39)41-2)20-28(36)29(37)34-27-9-5-7-22-6-3-4-8-26(22)27/h3-4,6,8,10-17,27-28H,5,7,9,18-20H2,1-2H3,(H,33,40)(H,34,37). The molecule has 3 aromatic carbocycles. The van der Waals surface area contributed by atoms with E-state index < -0.39 is 12.0 Å². The summed E-state index contributed by atoms with van der Waals surface area (Å²) in [5, 5.41) is 6.02. The SMILES string of the molecule is COC(=O)c1ccc(NC(=O)N2CCN(C(=O)c3ccc(C)cc3)C(C(=O)NC3CCCc4ccccc43)C2)cc1. The molecule has 2 atom stereocenters. The van der Waals surface area contributed by atoms with Crippen LogP contribution in [0.3, 0.4) is 0 Å². The minimum Gasteiger partial charge on any atom is -0.465 e. The van der Waals surface area contributed by atoms with Crippen molar-refractivity contribution in [3.8, 4) is 0 Å². The van der Waals surface area contributed by atoms with E-state index in [2.05, 4.69) is 16.7 Å². The van der Waals surface area contributed by atoms with E-state index in [4.69, 9.17) is 4.74 Å². The molecule has 2 N–H and O–H groups in total. The van der Waals surface area contributed by atoms with Gasteiger partial charge in [0.2, 0.25) is 5.91 Å². The second-order valence-corrected chi connectivity index (χ2v) is 10.5. The normalized spacial score (nSPS) is 18.2. The number of carbonyl (C=O) groups is 4. The number of ether oxygens (including phenoxy) is 1. The van der Waals surface area contributed by atoms with Crippen LogP contribution in [0, 0.1) is 6.92 Å². The number of hydrogen-bond acceptors (Lipinski definition) is 5. The fourth-order valence-electron chi connectivity index (χ4n) is 5.48. The van der Waals surface area contributed by atoms with E-state index in [1.807, 2.05) is 37.3 Å². The summed E-state index contributed by atoms with van der Waals surface area (Å²) in [5.41, 5.74) is 4.73. The zero-order valence-corrected chi connectivity index (χ0v) is 23.3. The highest BCUT2D eigenvalue weighted by atomic mass is 16.5. The van der Waals surface area contributed by atoms with Crippen molar-refractivity contribution in [3.63, 3.8) is 0 Å². The molecule has 0 radical (unpaired) electrons. The number of hydrogen-bond donors (Lipinski definition) is 2. The van der Waals surface area contributed by atoms with Gasteiger partial charge < -0.3 is 25.2 Å². The Kier molecular flexibility index (Phi) is 8.33. The van der Waals surface area contributed by atoms with E-state index in [1.54, 1.807) is 46.2 Å². The van der Waals surface area contributed by atoms with Crippen molar-refractivity contribution in [2.75, 3.05) is 32.1 Å². The minimum atomic E-state index is -0.862. The summed E-state index contributed by atoms with van der Waals surface area (Å²) in [4.78, 5) is 55.5. The van der Waals surface area contributed by atoms with Crippen molar-refractivity contribution in [2.24, 2.45) is 0 Å². The Bertz CT molecular complexity index is 1440. The van der Waals surface area contributed by atoms with E-state index in [9.17, 15) is 19.2 Å². The quantitative estimate of drug-likeness (QED) is 0.457. The smallest absolute Gasteiger partial charge is 0.337 e. The summed E-state index contributed by atoms with van der Waals surface area (Å²) in [7, 11) is 1.31. The predicted octanol–water partition coefficient (Wildman–Crippen LogP) is 4.33. The summed E-state index contributed by atoms with van der Waals surface area (Å²) < 4.78 is 4.72. The van der Waals surface area contributed by atoms with E-state index >= 15 is 0 Å². The Labute approximate surface area is 239 Å². The van der Waals surface area contributed by atoms with Gasteiger partial charge in [-0.2, -0.15) is 0 Å². The maximum absolute atomic E-state index is 13.8. The Balaban J connectivity index is 1.34. The lowest BCUT2D eigenvalue weighted by Crippen LogP contribution is -2.62. The lowest BCUT2D eigenvalue weighted by Gasteiger charge is -2.41. The molecule has 4 amide bonds. The second-order valence-electron chi connectivity index (χ2n) is 10.5. The minimum absolute atomic E-state index is 0.0455. The first-order valence-electron chi connectivity index (χ1n) is 13.8. The third kappa shape index (κ3) is 6.24. The van der Waals surface area contributed by atoms with E-state index in [1.165, 1.54) is 12.7 Å². The van der Waals surface area contributed by atoms with Crippen LogP contribution in [-0.2, 0) is 16.0 Å². The molecule has 1 aliphatic carbocycles. The van der Waals surface area contributed by atoms with Gasteiger partial charge in [-0.3, -0.25) is 9.59 Å². The Morgan fingerprint density at radius 1 is 0.878 bits per heavy atom. The Morgan fingerprint density at radius 2 is 1.59 bits per heavy atom. The number of benzene rings is 3. The van der Waals surface area contributed by atoms with Gasteiger partial charge >= 0.3 is 12.0 Å². The fraction of sp³-hybridized carbons (Fsp3) is 0.312. The molecule has 1 heterocycles. The molecule has 41 heavy (non-hydrogen) atoms. The summed E-state index contributed by atoms with van der Waals surface area (Å²) in [6.45, 7) is 2.47. The number of esters is 1. The average molecular weight is 555 g/mol. The Morgan fingerprint density at radius 3 is 2.32 bits per heavy atom. The zero-order chi connectivity index (χ0) is 28.9. The number of carbonyl (C=O) groups excluding carboxylic acids is 4. The van der Waals surface area contributed by atoms with Crippen LogP contribution in [0.1, 0.15) is 56.3 Å². The van der Waals surface area contributed by atoms with Gasteiger partial charge in [0, 0.05) is 24.3 Å². The number of rotatable bonds is 5. The van der Waals surface area contributed by atoms with Crippen molar-refractivity contribution in [1.29, 1.82) is 0 Å². The lowest BCUT2D eigenvalue weighted by atomic mass is 9.87. The largest absolute Gasteiger partial charge is 0.465 e. The van der Waals surface area contributed by atoms with Crippen LogP contribution in [0.4, 0.5) is 10.5 Å². The summed E-state index contributed by atoms with van der Waals surface area (Å²) in [6.07, 6.45) is 2.74. The monoisotopic (exact) mass is 554 g/mol. The second kappa shape index (κ2) is 12.2. The van der Waals surface area contributed by atoms with E-state index in [0.717, 1.165) is 30.4 Å².